The lowest BCUT2D eigenvalue weighted by molar-refractivity contribution is -0.121. The topological polar surface area (TPSA) is 38.3 Å². The highest BCUT2D eigenvalue weighted by atomic mass is 16.5. The van der Waals surface area contributed by atoms with Crippen LogP contribution in [0.15, 0.2) is 48.5 Å². The van der Waals surface area contributed by atoms with Crippen molar-refractivity contribution >= 4 is 5.91 Å². The molecule has 0 spiro atoms. The van der Waals surface area contributed by atoms with E-state index in [1.54, 1.807) is 0 Å². The molecule has 1 N–H and O–H groups in total. The van der Waals surface area contributed by atoms with E-state index in [1.807, 2.05) is 30.3 Å². The number of aryl methyl sites for hydroxylation is 2. The molecule has 1 aliphatic rings. The van der Waals surface area contributed by atoms with Crippen molar-refractivity contribution in [3.05, 3.63) is 65.2 Å². The van der Waals surface area contributed by atoms with E-state index < -0.39 is 0 Å². The minimum Gasteiger partial charge on any atom is -0.493 e. The van der Waals surface area contributed by atoms with Crippen molar-refractivity contribution in [3.8, 4) is 5.75 Å². The number of amides is 1. The fourth-order valence-electron chi connectivity index (χ4n) is 2.86. The summed E-state index contributed by atoms with van der Waals surface area (Å²) in [5.74, 6) is 1.31. The van der Waals surface area contributed by atoms with E-state index >= 15 is 0 Å². The first-order valence-corrected chi connectivity index (χ1v) is 7.77. The van der Waals surface area contributed by atoms with Crippen LogP contribution in [0.1, 0.15) is 29.0 Å². The maximum absolute atomic E-state index is 12.0. The monoisotopic (exact) mass is 295 g/mol. The van der Waals surface area contributed by atoms with Gasteiger partial charge in [-0.1, -0.05) is 42.5 Å². The second-order valence-corrected chi connectivity index (χ2v) is 5.78. The average Bonchev–Trinajstić information content (AvgIpc) is 2.95. The molecule has 1 atom stereocenters. The van der Waals surface area contributed by atoms with Crippen LogP contribution in [0.25, 0.3) is 0 Å². The van der Waals surface area contributed by atoms with Gasteiger partial charge in [0.15, 0.2) is 0 Å². The van der Waals surface area contributed by atoms with Crippen molar-refractivity contribution in [1.29, 1.82) is 0 Å². The predicted octanol–water partition coefficient (Wildman–Crippen LogP) is 3.22. The first-order valence-electron chi connectivity index (χ1n) is 7.77. The zero-order valence-electron chi connectivity index (χ0n) is 12.8. The maximum atomic E-state index is 12.0. The summed E-state index contributed by atoms with van der Waals surface area (Å²) in [7, 11) is 0. The van der Waals surface area contributed by atoms with Gasteiger partial charge in [0.1, 0.15) is 5.75 Å². The Kier molecular flexibility index (Phi) is 4.42. The largest absolute Gasteiger partial charge is 0.493 e. The summed E-state index contributed by atoms with van der Waals surface area (Å²) >= 11 is 0. The number of nitrogens with one attached hydrogen (secondary N) is 1. The highest BCUT2D eigenvalue weighted by molar-refractivity contribution is 5.76. The van der Waals surface area contributed by atoms with Crippen molar-refractivity contribution in [2.24, 2.45) is 0 Å². The van der Waals surface area contributed by atoms with E-state index in [-0.39, 0.29) is 11.8 Å². The summed E-state index contributed by atoms with van der Waals surface area (Å²) < 4.78 is 5.64. The molecule has 3 heteroatoms. The van der Waals surface area contributed by atoms with Gasteiger partial charge in [-0.3, -0.25) is 4.79 Å². The molecule has 1 unspecified atom stereocenters. The smallest absolute Gasteiger partial charge is 0.220 e. The van der Waals surface area contributed by atoms with Crippen molar-refractivity contribution in [2.75, 3.05) is 13.2 Å². The first kappa shape index (κ1) is 14.6. The lowest BCUT2D eigenvalue weighted by Crippen LogP contribution is -2.29. The van der Waals surface area contributed by atoms with E-state index in [2.05, 4.69) is 30.4 Å². The molecule has 1 amide bonds. The molecule has 1 aliphatic heterocycles. The van der Waals surface area contributed by atoms with E-state index in [1.165, 1.54) is 16.7 Å². The van der Waals surface area contributed by atoms with E-state index in [0.717, 1.165) is 12.2 Å². The number of hydrogen-bond donors (Lipinski definition) is 1. The lowest BCUT2D eigenvalue weighted by atomic mass is 10.0. The Morgan fingerprint density at radius 3 is 2.82 bits per heavy atom. The highest BCUT2D eigenvalue weighted by Gasteiger charge is 2.23. The quantitative estimate of drug-likeness (QED) is 0.920. The van der Waals surface area contributed by atoms with Crippen LogP contribution in [0.4, 0.5) is 0 Å². The van der Waals surface area contributed by atoms with Crippen LogP contribution >= 0.6 is 0 Å². The number of rotatable bonds is 5. The molecule has 0 saturated carbocycles. The Labute approximate surface area is 131 Å². The molecular formula is C19H21NO2. The van der Waals surface area contributed by atoms with E-state index in [4.69, 9.17) is 4.74 Å². The van der Waals surface area contributed by atoms with E-state index in [9.17, 15) is 4.79 Å². The number of hydrogen-bond acceptors (Lipinski definition) is 2. The zero-order chi connectivity index (χ0) is 15.4. The summed E-state index contributed by atoms with van der Waals surface area (Å²) in [6.45, 7) is 3.38. The van der Waals surface area contributed by atoms with Gasteiger partial charge in [0.25, 0.3) is 0 Å². The number of ether oxygens (including phenoxy) is 1. The second-order valence-electron chi connectivity index (χ2n) is 5.78. The Hall–Kier alpha value is -2.29. The Balaban J connectivity index is 1.48. The molecule has 0 radical (unpaired) electrons. The third kappa shape index (κ3) is 3.30. The molecule has 22 heavy (non-hydrogen) atoms. The lowest BCUT2D eigenvalue weighted by Gasteiger charge is -2.11. The molecule has 0 bridgehead atoms. The van der Waals surface area contributed by atoms with E-state index in [0.29, 0.717) is 19.6 Å². The predicted molar refractivity (Wildman–Crippen MR) is 87.2 cm³/mol. The molecule has 0 saturated heterocycles. The van der Waals surface area contributed by atoms with Gasteiger partial charge in [-0.25, -0.2) is 0 Å². The van der Waals surface area contributed by atoms with Crippen LogP contribution in [0.3, 0.4) is 0 Å². The van der Waals surface area contributed by atoms with Crippen molar-refractivity contribution in [2.45, 2.75) is 25.7 Å². The minimum atomic E-state index is 0.104. The Morgan fingerprint density at radius 1 is 1.18 bits per heavy atom. The van der Waals surface area contributed by atoms with Gasteiger partial charge in [0.05, 0.1) is 6.61 Å². The van der Waals surface area contributed by atoms with Gasteiger partial charge in [0.2, 0.25) is 5.91 Å². The second kappa shape index (κ2) is 6.65. The molecule has 2 aromatic rings. The molecule has 0 aliphatic carbocycles. The fraction of sp³-hybridized carbons (Fsp3) is 0.316. The number of carbonyl (C=O) groups is 1. The summed E-state index contributed by atoms with van der Waals surface area (Å²) in [6.07, 6.45) is 1.32. The first-order chi connectivity index (χ1) is 10.7. The van der Waals surface area contributed by atoms with Gasteiger partial charge in [0, 0.05) is 24.4 Å². The molecule has 0 fully saturated rings. The maximum Gasteiger partial charge on any atom is 0.220 e. The Morgan fingerprint density at radius 2 is 1.95 bits per heavy atom. The highest BCUT2D eigenvalue weighted by Crippen LogP contribution is 2.32. The number of fused-ring (bicyclic) bond motifs is 1. The molecule has 114 valence electrons. The average molecular weight is 295 g/mol. The summed E-state index contributed by atoms with van der Waals surface area (Å²) in [5, 5.41) is 3.04. The van der Waals surface area contributed by atoms with Gasteiger partial charge in [-0.2, -0.15) is 0 Å². The molecule has 3 nitrogen and oxygen atoms in total. The van der Waals surface area contributed by atoms with Crippen molar-refractivity contribution in [3.63, 3.8) is 0 Å². The van der Waals surface area contributed by atoms with Gasteiger partial charge >= 0.3 is 0 Å². The number of benzene rings is 2. The van der Waals surface area contributed by atoms with Crippen LogP contribution in [0, 0.1) is 6.92 Å². The SMILES string of the molecule is Cc1ccccc1CCC(=O)NCC1COc2ccccc21. The summed E-state index contributed by atoms with van der Waals surface area (Å²) in [6, 6.07) is 16.3. The van der Waals surface area contributed by atoms with Crippen LogP contribution in [0.5, 0.6) is 5.75 Å². The van der Waals surface area contributed by atoms with Crippen LogP contribution in [-0.2, 0) is 11.2 Å². The van der Waals surface area contributed by atoms with Gasteiger partial charge in [-0.15, -0.1) is 0 Å². The molecular weight excluding hydrogens is 274 g/mol. The van der Waals surface area contributed by atoms with Crippen molar-refractivity contribution in [1.82, 2.24) is 5.32 Å². The van der Waals surface area contributed by atoms with Gasteiger partial charge < -0.3 is 10.1 Å². The van der Waals surface area contributed by atoms with Gasteiger partial charge in [-0.05, 0) is 30.5 Å². The molecule has 3 rings (SSSR count). The number of carbonyl (C=O) groups excluding carboxylic acids is 1. The fourth-order valence-corrected chi connectivity index (χ4v) is 2.86. The standard InChI is InChI=1S/C19H21NO2/c1-14-6-2-3-7-15(14)10-11-19(21)20-12-16-13-22-18-9-5-4-8-17(16)18/h2-9,16H,10-13H2,1H3,(H,20,21). The summed E-state index contributed by atoms with van der Waals surface area (Å²) in [5.41, 5.74) is 3.68. The third-order valence-electron chi connectivity index (χ3n) is 4.23. The normalized spacial score (nSPS) is 16.0. The van der Waals surface area contributed by atoms with Crippen LogP contribution in [-0.4, -0.2) is 19.1 Å². The van der Waals surface area contributed by atoms with Crippen LogP contribution < -0.4 is 10.1 Å². The number of para-hydroxylation sites is 1. The molecule has 2 aromatic carbocycles. The van der Waals surface area contributed by atoms with Crippen LogP contribution in [0.2, 0.25) is 0 Å². The minimum absolute atomic E-state index is 0.104. The van der Waals surface area contributed by atoms with Crippen molar-refractivity contribution < 1.29 is 9.53 Å². The molecule has 0 aromatic heterocycles. The zero-order valence-corrected chi connectivity index (χ0v) is 12.8. The third-order valence-corrected chi connectivity index (χ3v) is 4.23. The Bertz CT molecular complexity index is 666. The summed E-state index contributed by atoms with van der Waals surface area (Å²) in [4.78, 5) is 12.0. The molecule has 1 heterocycles.